The minimum Gasteiger partial charge on any atom is -0.365 e. The molecule has 2 N–H and O–H groups in total. The molecular weight excluding hydrogens is 226 g/mol. The summed E-state index contributed by atoms with van der Waals surface area (Å²) in [5.74, 6) is 0.626. The Labute approximate surface area is 107 Å². The summed E-state index contributed by atoms with van der Waals surface area (Å²) in [6, 6.07) is 4.26. The lowest BCUT2D eigenvalue weighted by atomic mass is 9.70. The number of hydrogen-bond donors (Lipinski definition) is 2. The van der Waals surface area contributed by atoms with Gasteiger partial charge in [-0.1, -0.05) is 0 Å². The van der Waals surface area contributed by atoms with Gasteiger partial charge in [0.1, 0.15) is 6.07 Å². The molecule has 1 aliphatic carbocycles. The minimum atomic E-state index is 0.352. The zero-order valence-electron chi connectivity index (χ0n) is 10.3. The first-order valence-electron chi connectivity index (χ1n) is 6.55. The predicted molar refractivity (Wildman–Crippen MR) is 68.0 cm³/mol. The van der Waals surface area contributed by atoms with E-state index in [0.29, 0.717) is 23.0 Å². The molecule has 3 rings (SSSR count). The molecule has 1 aliphatic heterocycles. The fraction of sp³-hybridized carbons (Fsp3) is 0.615. The quantitative estimate of drug-likeness (QED) is 0.822. The lowest BCUT2D eigenvalue weighted by Gasteiger charge is -2.48. The fourth-order valence-corrected chi connectivity index (χ4v) is 2.99. The van der Waals surface area contributed by atoms with Crippen LogP contribution in [0.4, 0.5) is 5.82 Å². The number of hydrogen-bond acceptors (Lipinski definition) is 5. The van der Waals surface area contributed by atoms with E-state index >= 15 is 0 Å². The molecule has 5 heteroatoms. The zero-order valence-corrected chi connectivity index (χ0v) is 10.3. The van der Waals surface area contributed by atoms with E-state index in [-0.39, 0.29) is 0 Å². The van der Waals surface area contributed by atoms with Crippen LogP contribution in [0.2, 0.25) is 0 Å². The van der Waals surface area contributed by atoms with Crippen LogP contribution in [0.3, 0.4) is 0 Å². The van der Waals surface area contributed by atoms with Gasteiger partial charge < -0.3 is 10.6 Å². The molecule has 2 heterocycles. The van der Waals surface area contributed by atoms with Crippen molar-refractivity contribution in [3.63, 3.8) is 0 Å². The Morgan fingerprint density at radius 3 is 3.11 bits per heavy atom. The van der Waals surface area contributed by atoms with E-state index in [1.807, 2.05) is 0 Å². The van der Waals surface area contributed by atoms with E-state index in [4.69, 9.17) is 5.26 Å². The van der Waals surface area contributed by atoms with Gasteiger partial charge in [0, 0.05) is 11.6 Å². The molecule has 2 fully saturated rings. The molecule has 1 unspecified atom stereocenters. The average Bonchev–Trinajstić information content (AvgIpc) is 2.38. The molecule has 0 bridgehead atoms. The average molecular weight is 243 g/mol. The van der Waals surface area contributed by atoms with Crippen molar-refractivity contribution in [3.05, 3.63) is 17.8 Å². The Morgan fingerprint density at radius 2 is 2.39 bits per heavy atom. The van der Waals surface area contributed by atoms with Gasteiger partial charge in [-0.25, -0.2) is 0 Å². The van der Waals surface area contributed by atoms with Crippen LogP contribution in [0.1, 0.15) is 37.7 Å². The van der Waals surface area contributed by atoms with Gasteiger partial charge in [-0.2, -0.15) is 10.4 Å². The second-order valence-corrected chi connectivity index (χ2v) is 5.30. The van der Waals surface area contributed by atoms with Gasteiger partial charge in [-0.05, 0) is 44.7 Å². The van der Waals surface area contributed by atoms with E-state index < -0.39 is 0 Å². The maximum atomic E-state index is 9.04. The third-order valence-electron chi connectivity index (χ3n) is 4.12. The van der Waals surface area contributed by atoms with E-state index in [9.17, 15) is 0 Å². The first kappa shape index (κ1) is 11.4. The van der Waals surface area contributed by atoms with Crippen molar-refractivity contribution in [2.45, 2.75) is 43.7 Å². The zero-order chi connectivity index (χ0) is 12.4. The Hall–Kier alpha value is -1.67. The van der Waals surface area contributed by atoms with Gasteiger partial charge in [0.15, 0.2) is 5.82 Å². The third kappa shape index (κ3) is 2.04. The second-order valence-electron chi connectivity index (χ2n) is 5.30. The molecule has 0 amide bonds. The van der Waals surface area contributed by atoms with Gasteiger partial charge in [-0.3, -0.25) is 0 Å². The number of nitrogens with zero attached hydrogens (tertiary/aromatic N) is 3. The molecular formula is C13H17N5. The normalized spacial score (nSPS) is 25.2. The Kier molecular flexibility index (Phi) is 2.88. The summed E-state index contributed by atoms with van der Waals surface area (Å²) in [7, 11) is 0. The Bertz CT molecular complexity index is 475. The van der Waals surface area contributed by atoms with Crippen LogP contribution >= 0.6 is 0 Å². The predicted octanol–water partition coefficient (Wildman–Crippen LogP) is 1.43. The summed E-state index contributed by atoms with van der Waals surface area (Å²) in [6.45, 7) is 1.04. The van der Waals surface area contributed by atoms with Crippen molar-refractivity contribution in [1.29, 1.82) is 5.26 Å². The number of anilines is 1. The molecule has 1 atom stereocenters. The van der Waals surface area contributed by atoms with E-state index in [1.54, 1.807) is 12.3 Å². The number of nitriles is 1. The van der Waals surface area contributed by atoms with Crippen molar-refractivity contribution in [1.82, 2.24) is 15.5 Å². The van der Waals surface area contributed by atoms with Crippen molar-refractivity contribution in [2.24, 2.45) is 0 Å². The first-order valence-corrected chi connectivity index (χ1v) is 6.55. The maximum Gasteiger partial charge on any atom is 0.166 e. The highest BCUT2D eigenvalue weighted by molar-refractivity contribution is 5.50. The highest BCUT2D eigenvalue weighted by atomic mass is 15.2. The molecule has 1 spiro atoms. The van der Waals surface area contributed by atoms with Crippen molar-refractivity contribution in [2.75, 3.05) is 11.9 Å². The van der Waals surface area contributed by atoms with Gasteiger partial charge in [0.25, 0.3) is 0 Å². The summed E-state index contributed by atoms with van der Waals surface area (Å²) < 4.78 is 0. The second kappa shape index (κ2) is 4.54. The smallest absolute Gasteiger partial charge is 0.166 e. The molecule has 0 radical (unpaired) electrons. The lowest BCUT2D eigenvalue weighted by Crippen LogP contribution is -2.58. The van der Waals surface area contributed by atoms with Crippen LogP contribution in [-0.4, -0.2) is 28.3 Å². The Morgan fingerprint density at radius 1 is 1.50 bits per heavy atom. The molecule has 1 aromatic heterocycles. The highest BCUT2D eigenvalue weighted by Crippen LogP contribution is 2.38. The lowest BCUT2D eigenvalue weighted by molar-refractivity contribution is 0.135. The standard InChI is InChI=1S/C13H17N5/c14-9-10-2-7-16-18-12(10)17-11-3-6-15-13(8-11)4-1-5-13/h2,7,11,15H,1,3-6,8H2,(H,17,18). The van der Waals surface area contributed by atoms with Gasteiger partial charge in [0.2, 0.25) is 0 Å². The topological polar surface area (TPSA) is 73.6 Å². The van der Waals surface area contributed by atoms with Crippen LogP contribution in [0.15, 0.2) is 12.3 Å². The summed E-state index contributed by atoms with van der Waals surface area (Å²) in [4.78, 5) is 0. The first-order chi connectivity index (χ1) is 8.81. The summed E-state index contributed by atoms with van der Waals surface area (Å²) in [5, 5.41) is 23.9. The molecule has 1 aromatic rings. The SMILES string of the molecule is N#Cc1ccnnc1NC1CCNC2(CCC2)C1. The van der Waals surface area contributed by atoms with Crippen molar-refractivity contribution < 1.29 is 0 Å². The molecule has 0 aromatic carbocycles. The van der Waals surface area contributed by atoms with Crippen molar-refractivity contribution >= 4 is 5.82 Å². The number of rotatable bonds is 2. The maximum absolute atomic E-state index is 9.04. The van der Waals surface area contributed by atoms with Crippen LogP contribution in [0.25, 0.3) is 0 Å². The van der Waals surface area contributed by atoms with E-state index in [2.05, 4.69) is 26.9 Å². The van der Waals surface area contributed by atoms with Gasteiger partial charge in [0.05, 0.1) is 11.8 Å². The molecule has 5 nitrogen and oxygen atoms in total. The summed E-state index contributed by atoms with van der Waals surface area (Å²) in [5.41, 5.74) is 0.927. The third-order valence-corrected chi connectivity index (χ3v) is 4.12. The Balaban J connectivity index is 1.70. The van der Waals surface area contributed by atoms with Gasteiger partial charge >= 0.3 is 0 Å². The van der Waals surface area contributed by atoms with E-state index in [1.165, 1.54) is 19.3 Å². The summed E-state index contributed by atoms with van der Waals surface area (Å²) in [6.07, 6.45) is 7.62. The van der Waals surface area contributed by atoms with Gasteiger partial charge in [-0.15, -0.1) is 5.10 Å². The molecule has 18 heavy (non-hydrogen) atoms. The molecule has 1 saturated heterocycles. The number of aromatic nitrogens is 2. The fourth-order valence-electron chi connectivity index (χ4n) is 2.99. The minimum absolute atomic E-state index is 0.352. The number of nitrogens with one attached hydrogen (secondary N) is 2. The summed E-state index contributed by atoms with van der Waals surface area (Å²) >= 11 is 0. The number of piperidine rings is 1. The van der Waals surface area contributed by atoms with Crippen LogP contribution in [0, 0.1) is 11.3 Å². The molecule has 94 valence electrons. The van der Waals surface area contributed by atoms with Crippen molar-refractivity contribution in [3.8, 4) is 6.07 Å². The van der Waals surface area contributed by atoms with E-state index in [0.717, 1.165) is 19.4 Å². The largest absolute Gasteiger partial charge is 0.365 e. The highest BCUT2D eigenvalue weighted by Gasteiger charge is 2.40. The van der Waals surface area contributed by atoms with Crippen LogP contribution in [-0.2, 0) is 0 Å². The van der Waals surface area contributed by atoms with Crippen LogP contribution in [0.5, 0.6) is 0 Å². The van der Waals surface area contributed by atoms with Crippen LogP contribution < -0.4 is 10.6 Å². The monoisotopic (exact) mass is 243 g/mol. The molecule has 2 aliphatic rings. The molecule has 1 saturated carbocycles.